The van der Waals surface area contributed by atoms with Crippen molar-refractivity contribution >= 4 is 23.3 Å². The van der Waals surface area contributed by atoms with Gasteiger partial charge in [-0.1, -0.05) is 19.9 Å². The Morgan fingerprint density at radius 3 is 2.72 bits per heavy atom. The predicted molar refractivity (Wildman–Crippen MR) is 111 cm³/mol. The van der Waals surface area contributed by atoms with Gasteiger partial charge >= 0.3 is 6.09 Å². The third-order valence-corrected chi connectivity index (χ3v) is 5.17. The van der Waals surface area contributed by atoms with Crippen molar-refractivity contribution in [1.82, 2.24) is 14.8 Å². The second-order valence-electron chi connectivity index (χ2n) is 7.40. The third-order valence-electron chi connectivity index (χ3n) is 4.53. The quantitative estimate of drug-likeness (QED) is 0.717. The van der Waals surface area contributed by atoms with Crippen LogP contribution in [0.2, 0.25) is 0 Å². The summed E-state index contributed by atoms with van der Waals surface area (Å²) in [6.07, 6.45) is 0.424. The molecule has 7 nitrogen and oxygen atoms in total. The molecule has 2 aromatic rings. The van der Waals surface area contributed by atoms with Crippen LogP contribution >= 0.6 is 11.3 Å². The molecular formula is C21H27N3O4S. The molecule has 0 N–H and O–H groups in total. The molecule has 0 saturated carbocycles. The summed E-state index contributed by atoms with van der Waals surface area (Å²) < 4.78 is 11.1. The monoisotopic (exact) mass is 417 g/mol. The van der Waals surface area contributed by atoms with Crippen LogP contribution in [0.25, 0.3) is 0 Å². The number of carbonyl (C=O) groups excluding carboxylic acids is 2. The van der Waals surface area contributed by atoms with Gasteiger partial charge in [0.15, 0.2) is 0 Å². The van der Waals surface area contributed by atoms with Crippen LogP contribution in [-0.2, 0) is 11.3 Å². The lowest BCUT2D eigenvalue weighted by molar-refractivity contribution is 0.0746. The molecule has 1 aromatic heterocycles. The summed E-state index contributed by atoms with van der Waals surface area (Å²) in [7, 11) is 0. The fourth-order valence-corrected chi connectivity index (χ4v) is 3.54. The van der Waals surface area contributed by atoms with E-state index in [1.807, 2.05) is 31.4 Å². The first kappa shape index (κ1) is 21.1. The number of benzene rings is 1. The number of amides is 2. The zero-order chi connectivity index (χ0) is 20.6. The van der Waals surface area contributed by atoms with Crippen LogP contribution in [0, 0.1) is 5.92 Å². The Balaban J connectivity index is 1.56. The minimum atomic E-state index is -0.301. The smallest absolute Gasteiger partial charge is 0.409 e. The summed E-state index contributed by atoms with van der Waals surface area (Å²) in [5.41, 5.74) is 3.21. The van der Waals surface area contributed by atoms with Crippen molar-refractivity contribution in [3.63, 3.8) is 0 Å². The zero-order valence-corrected chi connectivity index (χ0v) is 17.7. The van der Waals surface area contributed by atoms with Gasteiger partial charge in [-0.3, -0.25) is 4.79 Å². The number of thiazole rings is 1. The van der Waals surface area contributed by atoms with Crippen LogP contribution in [0.3, 0.4) is 0 Å². The Morgan fingerprint density at radius 1 is 1.17 bits per heavy atom. The molecule has 156 valence electrons. The Hall–Kier alpha value is -2.61. The van der Waals surface area contributed by atoms with Crippen molar-refractivity contribution in [3.8, 4) is 5.75 Å². The largest absolute Gasteiger partial charge is 0.487 e. The minimum absolute atomic E-state index is 0.0542. The normalized spacial score (nSPS) is 14.6. The molecule has 1 saturated heterocycles. The topological polar surface area (TPSA) is 72.0 Å². The molecule has 0 unspecified atom stereocenters. The molecule has 0 spiro atoms. The Kier molecular flexibility index (Phi) is 7.46. The molecule has 2 amide bonds. The average molecular weight is 418 g/mol. The van der Waals surface area contributed by atoms with E-state index in [4.69, 9.17) is 9.47 Å². The molecule has 29 heavy (non-hydrogen) atoms. The van der Waals surface area contributed by atoms with Gasteiger partial charge in [-0.05, 0) is 30.5 Å². The molecule has 1 aliphatic heterocycles. The number of carbonyl (C=O) groups is 2. The number of hydrogen-bond donors (Lipinski definition) is 0. The van der Waals surface area contributed by atoms with Crippen molar-refractivity contribution < 1.29 is 19.1 Å². The fraction of sp³-hybridized carbons (Fsp3) is 0.476. The Labute approximate surface area is 175 Å². The second kappa shape index (κ2) is 10.2. The maximum atomic E-state index is 13.0. The SMILES string of the molecule is CC(C)COC(=O)N1CCCN(C(=O)c2cccc(OCc3cscn3)c2)CC1. The molecule has 2 heterocycles. The molecule has 1 aromatic carbocycles. The van der Waals surface area contributed by atoms with Gasteiger partial charge in [-0.25, -0.2) is 9.78 Å². The lowest BCUT2D eigenvalue weighted by Gasteiger charge is -2.22. The van der Waals surface area contributed by atoms with Gasteiger partial charge in [-0.15, -0.1) is 11.3 Å². The highest BCUT2D eigenvalue weighted by molar-refractivity contribution is 7.07. The Morgan fingerprint density at radius 2 is 1.97 bits per heavy atom. The highest BCUT2D eigenvalue weighted by atomic mass is 32.1. The van der Waals surface area contributed by atoms with Gasteiger partial charge < -0.3 is 19.3 Å². The van der Waals surface area contributed by atoms with Gasteiger partial charge in [0.05, 0.1) is 17.8 Å². The van der Waals surface area contributed by atoms with Crippen molar-refractivity contribution in [2.75, 3.05) is 32.8 Å². The number of rotatable bonds is 6. The maximum Gasteiger partial charge on any atom is 0.409 e. The first-order chi connectivity index (χ1) is 14.0. The number of ether oxygens (including phenoxy) is 2. The second-order valence-corrected chi connectivity index (χ2v) is 8.12. The van der Waals surface area contributed by atoms with Gasteiger partial charge in [0, 0.05) is 37.1 Å². The number of aromatic nitrogens is 1. The van der Waals surface area contributed by atoms with Crippen molar-refractivity contribution in [2.45, 2.75) is 26.9 Å². The molecular weight excluding hydrogens is 390 g/mol. The van der Waals surface area contributed by atoms with Gasteiger partial charge in [0.25, 0.3) is 5.91 Å². The first-order valence-corrected chi connectivity index (χ1v) is 10.8. The van der Waals surface area contributed by atoms with E-state index in [9.17, 15) is 9.59 Å². The first-order valence-electron chi connectivity index (χ1n) is 9.84. The van der Waals surface area contributed by atoms with E-state index in [0.717, 1.165) is 12.1 Å². The minimum Gasteiger partial charge on any atom is -0.487 e. The molecule has 8 heteroatoms. The van der Waals surface area contributed by atoms with Crippen LogP contribution in [-0.4, -0.2) is 59.6 Å². The highest BCUT2D eigenvalue weighted by Crippen LogP contribution is 2.18. The van der Waals surface area contributed by atoms with E-state index in [1.165, 1.54) is 11.3 Å². The number of hydrogen-bond acceptors (Lipinski definition) is 6. The van der Waals surface area contributed by atoms with Crippen LogP contribution in [0.4, 0.5) is 4.79 Å². The molecule has 0 bridgehead atoms. The summed E-state index contributed by atoms with van der Waals surface area (Å²) in [4.78, 5) is 32.8. The fourth-order valence-electron chi connectivity index (χ4n) is 3.00. The van der Waals surface area contributed by atoms with Crippen LogP contribution < -0.4 is 4.74 Å². The van der Waals surface area contributed by atoms with E-state index in [1.54, 1.807) is 27.4 Å². The molecule has 3 rings (SSSR count). The summed E-state index contributed by atoms with van der Waals surface area (Å²) in [6.45, 7) is 6.95. The van der Waals surface area contributed by atoms with Gasteiger partial charge in [0.2, 0.25) is 0 Å². The molecule has 1 fully saturated rings. The summed E-state index contributed by atoms with van der Waals surface area (Å²) in [5, 5.41) is 1.93. The van der Waals surface area contributed by atoms with Crippen molar-refractivity contribution in [1.29, 1.82) is 0 Å². The molecule has 0 radical (unpaired) electrons. The van der Waals surface area contributed by atoms with Crippen LogP contribution in [0.1, 0.15) is 36.3 Å². The van der Waals surface area contributed by atoms with Crippen LogP contribution in [0.15, 0.2) is 35.2 Å². The van der Waals surface area contributed by atoms with Crippen molar-refractivity contribution in [2.24, 2.45) is 5.92 Å². The van der Waals surface area contributed by atoms with Crippen molar-refractivity contribution in [3.05, 3.63) is 46.4 Å². The van der Waals surface area contributed by atoms with Gasteiger partial charge in [-0.2, -0.15) is 0 Å². The van der Waals surface area contributed by atoms with E-state index in [2.05, 4.69) is 4.98 Å². The molecule has 0 atom stereocenters. The van der Waals surface area contributed by atoms with E-state index < -0.39 is 0 Å². The average Bonchev–Trinajstić information content (AvgIpc) is 3.12. The predicted octanol–water partition coefficient (Wildman–Crippen LogP) is 3.66. The highest BCUT2D eigenvalue weighted by Gasteiger charge is 2.24. The molecule has 1 aliphatic rings. The lowest BCUT2D eigenvalue weighted by atomic mass is 10.2. The summed E-state index contributed by atoms with van der Waals surface area (Å²) in [5.74, 6) is 0.882. The van der Waals surface area contributed by atoms with E-state index >= 15 is 0 Å². The standard InChI is InChI=1S/C21H27N3O4S/c1-16(2)12-28-21(26)24-8-4-7-23(9-10-24)20(25)17-5-3-6-19(11-17)27-13-18-14-29-15-22-18/h3,5-6,11,14-16H,4,7-10,12-13H2,1-2H3. The molecule has 0 aliphatic carbocycles. The lowest BCUT2D eigenvalue weighted by Crippen LogP contribution is -2.37. The third kappa shape index (κ3) is 6.19. The van der Waals surface area contributed by atoms with Crippen LogP contribution in [0.5, 0.6) is 5.75 Å². The Bertz CT molecular complexity index is 810. The maximum absolute atomic E-state index is 13.0. The van der Waals surface area contributed by atoms with Gasteiger partial charge in [0.1, 0.15) is 12.4 Å². The van der Waals surface area contributed by atoms with E-state index in [0.29, 0.717) is 56.6 Å². The van der Waals surface area contributed by atoms with E-state index in [-0.39, 0.29) is 12.0 Å². The summed E-state index contributed by atoms with van der Waals surface area (Å²) >= 11 is 1.52. The summed E-state index contributed by atoms with van der Waals surface area (Å²) in [6, 6.07) is 7.20. The number of nitrogens with zero attached hydrogens (tertiary/aromatic N) is 3. The zero-order valence-electron chi connectivity index (χ0n) is 16.9.